The van der Waals surface area contributed by atoms with E-state index in [0.29, 0.717) is 6.42 Å². The molecule has 0 saturated carbocycles. The van der Waals surface area contributed by atoms with Crippen LogP contribution in [0.3, 0.4) is 0 Å². The molecule has 0 fully saturated rings. The van der Waals surface area contributed by atoms with E-state index in [-0.39, 0.29) is 12.5 Å². The Labute approximate surface area is 409 Å². The van der Waals surface area contributed by atoms with Gasteiger partial charge in [-0.1, -0.05) is 257 Å². The van der Waals surface area contributed by atoms with Crippen molar-refractivity contribution in [2.45, 2.75) is 257 Å². The molecule has 1 amide bonds. The Morgan fingerprint density at radius 2 is 0.682 bits per heavy atom. The van der Waals surface area contributed by atoms with Gasteiger partial charge in [-0.15, -0.1) is 0 Å². The molecule has 2 atom stereocenters. The maximum absolute atomic E-state index is 12.5. The molecule has 66 heavy (non-hydrogen) atoms. The van der Waals surface area contributed by atoms with Crippen molar-refractivity contribution in [1.82, 2.24) is 5.32 Å². The molecule has 4 heteroatoms. The molecule has 0 saturated heterocycles. The van der Waals surface area contributed by atoms with Crippen molar-refractivity contribution in [3.05, 3.63) is 122 Å². The van der Waals surface area contributed by atoms with Gasteiger partial charge in [0.2, 0.25) is 5.91 Å². The van der Waals surface area contributed by atoms with E-state index in [9.17, 15) is 15.0 Å². The standard InChI is InChI=1S/C62H105NO3/c1-3-5-7-9-11-13-15-17-19-21-23-25-27-28-29-30-31-32-33-34-36-38-40-42-44-46-48-50-52-54-56-58-62(66)63-60(59-64)61(65)57-55-53-51-49-47-45-43-41-39-37-35-26-24-22-20-18-16-14-12-10-8-6-4-2/h5,7,11,13,17,19,23,25,28-29,31-32,34,36,39,41,47,49,55,57,60-61,64-65H,3-4,6,8-10,12,14-16,18,20-22,24,26-27,30,33,35,37-38,40,42-46,48,50-54,56,58-59H2,1-2H3,(H,63,66)/b7-5-,13-11-,19-17-,25-23-,29-28-,32-31-,36-34-,41-39+,49-47+,57-55+. The third-order valence-electron chi connectivity index (χ3n) is 11.9. The van der Waals surface area contributed by atoms with Gasteiger partial charge in [0, 0.05) is 6.42 Å². The summed E-state index contributed by atoms with van der Waals surface area (Å²) < 4.78 is 0. The Morgan fingerprint density at radius 3 is 1.06 bits per heavy atom. The van der Waals surface area contributed by atoms with E-state index < -0.39 is 12.1 Å². The lowest BCUT2D eigenvalue weighted by molar-refractivity contribution is -0.123. The average molecular weight is 913 g/mol. The van der Waals surface area contributed by atoms with Crippen LogP contribution in [-0.2, 0) is 4.79 Å². The number of hydrogen-bond acceptors (Lipinski definition) is 3. The number of nitrogens with one attached hydrogen (secondary N) is 1. The van der Waals surface area contributed by atoms with E-state index in [0.717, 1.165) is 89.9 Å². The summed E-state index contributed by atoms with van der Waals surface area (Å²) in [4.78, 5) is 12.5. The van der Waals surface area contributed by atoms with Gasteiger partial charge in [-0.05, 0) is 103 Å². The fourth-order valence-corrected chi connectivity index (χ4v) is 7.72. The van der Waals surface area contributed by atoms with Crippen LogP contribution in [0.25, 0.3) is 0 Å². The van der Waals surface area contributed by atoms with Crippen molar-refractivity contribution in [3.63, 3.8) is 0 Å². The SMILES string of the molecule is CC/C=C\C/C=C\C/C=C\C/C=C\C/C=C\C/C=C\C/C=C\CCCCCCCCCCCC(=O)NC(CO)C(O)/C=C/CC/C=C/CC/C=C/CCCCCCCCCCCCCCC. The molecule has 0 aromatic heterocycles. The fraction of sp³-hybridized carbons (Fsp3) is 0.661. The molecular formula is C62H105NO3. The summed E-state index contributed by atoms with van der Waals surface area (Å²) in [6.45, 7) is 4.18. The van der Waals surface area contributed by atoms with Gasteiger partial charge >= 0.3 is 0 Å². The zero-order chi connectivity index (χ0) is 47.7. The first-order valence-corrected chi connectivity index (χ1v) is 27.7. The van der Waals surface area contributed by atoms with Crippen molar-refractivity contribution >= 4 is 5.91 Å². The maximum atomic E-state index is 12.5. The number of allylic oxidation sites excluding steroid dienone is 19. The van der Waals surface area contributed by atoms with Gasteiger partial charge < -0.3 is 15.5 Å². The molecule has 4 nitrogen and oxygen atoms in total. The minimum atomic E-state index is -0.882. The maximum Gasteiger partial charge on any atom is 0.220 e. The molecule has 0 aliphatic rings. The largest absolute Gasteiger partial charge is 0.394 e. The molecule has 0 radical (unpaired) electrons. The first-order chi connectivity index (χ1) is 32.7. The molecular weight excluding hydrogens is 807 g/mol. The third-order valence-corrected chi connectivity index (χ3v) is 11.9. The van der Waals surface area contributed by atoms with Crippen LogP contribution in [0.5, 0.6) is 0 Å². The number of rotatable bonds is 49. The minimum Gasteiger partial charge on any atom is -0.394 e. The summed E-state index contributed by atoms with van der Waals surface area (Å²) in [5.74, 6) is -0.0887. The lowest BCUT2D eigenvalue weighted by Gasteiger charge is -2.19. The number of carbonyl (C=O) groups excluding carboxylic acids is 1. The monoisotopic (exact) mass is 912 g/mol. The van der Waals surface area contributed by atoms with Gasteiger partial charge in [0.05, 0.1) is 18.8 Å². The predicted octanol–water partition coefficient (Wildman–Crippen LogP) is 18.5. The Balaban J connectivity index is 3.65. The van der Waals surface area contributed by atoms with Crippen LogP contribution in [0.1, 0.15) is 245 Å². The molecule has 0 spiro atoms. The van der Waals surface area contributed by atoms with E-state index in [1.54, 1.807) is 6.08 Å². The summed E-state index contributed by atoms with van der Waals surface area (Å²) in [6.07, 6.45) is 86.3. The summed E-state index contributed by atoms with van der Waals surface area (Å²) in [5.41, 5.74) is 0. The molecule has 2 unspecified atom stereocenters. The summed E-state index contributed by atoms with van der Waals surface area (Å²) in [5, 5.41) is 23.1. The number of hydrogen-bond donors (Lipinski definition) is 3. The van der Waals surface area contributed by atoms with E-state index in [4.69, 9.17) is 0 Å². The molecule has 0 heterocycles. The molecule has 3 N–H and O–H groups in total. The highest BCUT2D eigenvalue weighted by Gasteiger charge is 2.17. The van der Waals surface area contributed by atoms with E-state index in [1.165, 1.54) is 135 Å². The van der Waals surface area contributed by atoms with Gasteiger partial charge in [0.15, 0.2) is 0 Å². The fourth-order valence-electron chi connectivity index (χ4n) is 7.72. The van der Waals surface area contributed by atoms with Gasteiger partial charge in [0.1, 0.15) is 0 Å². The highest BCUT2D eigenvalue weighted by Crippen LogP contribution is 2.14. The summed E-state index contributed by atoms with van der Waals surface area (Å²) >= 11 is 0. The molecule has 0 rings (SSSR count). The van der Waals surface area contributed by atoms with Gasteiger partial charge in [0.25, 0.3) is 0 Å². The van der Waals surface area contributed by atoms with Crippen LogP contribution < -0.4 is 5.32 Å². The second kappa shape index (κ2) is 56.1. The van der Waals surface area contributed by atoms with Crippen molar-refractivity contribution in [2.75, 3.05) is 6.61 Å². The number of amides is 1. The molecule has 0 aliphatic carbocycles. The Hall–Kier alpha value is -3.21. The van der Waals surface area contributed by atoms with E-state index >= 15 is 0 Å². The summed E-state index contributed by atoms with van der Waals surface area (Å²) in [6, 6.07) is -0.658. The number of carbonyl (C=O) groups is 1. The van der Waals surface area contributed by atoms with Crippen LogP contribution in [0.2, 0.25) is 0 Å². The minimum absolute atomic E-state index is 0.0887. The molecule has 376 valence electrons. The van der Waals surface area contributed by atoms with Crippen LogP contribution in [0, 0.1) is 0 Å². The van der Waals surface area contributed by atoms with Crippen LogP contribution in [0.4, 0.5) is 0 Å². The second-order valence-corrected chi connectivity index (χ2v) is 18.2. The highest BCUT2D eigenvalue weighted by atomic mass is 16.3. The van der Waals surface area contributed by atoms with Gasteiger partial charge in [-0.3, -0.25) is 4.79 Å². The summed E-state index contributed by atoms with van der Waals surface area (Å²) in [7, 11) is 0. The van der Waals surface area contributed by atoms with Gasteiger partial charge in [-0.2, -0.15) is 0 Å². The van der Waals surface area contributed by atoms with Crippen molar-refractivity contribution in [3.8, 4) is 0 Å². The number of aliphatic hydroxyl groups excluding tert-OH is 2. The Morgan fingerprint density at radius 1 is 0.379 bits per heavy atom. The lowest BCUT2D eigenvalue weighted by Crippen LogP contribution is -2.45. The van der Waals surface area contributed by atoms with Crippen LogP contribution >= 0.6 is 0 Å². The van der Waals surface area contributed by atoms with E-state index in [2.05, 4.69) is 129 Å². The first kappa shape index (κ1) is 62.8. The number of aliphatic hydroxyl groups is 2. The van der Waals surface area contributed by atoms with Crippen molar-refractivity contribution in [1.29, 1.82) is 0 Å². The zero-order valence-corrected chi connectivity index (χ0v) is 43.2. The number of unbranched alkanes of at least 4 members (excludes halogenated alkanes) is 24. The molecule has 0 aromatic carbocycles. The van der Waals surface area contributed by atoms with Crippen molar-refractivity contribution in [2.24, 2.45) is 0 Å². The second-order valence-electron chi connectivity index (χ2n) is 18.2. The normalized spacial score (nSPS) is 13.8. The van der Waals surface area contributed by atoms with Crippen LogP contribution in [0.15, 0.2) is 122 Å². The molecule has 0 aliphatic heterocycles. The van der Waals surface area contributed by atoms with Crippen molar-refractivity contribution < 1.29 is 15.0 Å². The highest BCUT2D eigenvalue weighted by molar-refractivity contribution is 5.76. The Bertz CT molecular complexity index is 1310. The van der Waals surface area contributed by atoms with E-state index in [1.807, 2.05) is 6.08 Å². The topological polar surface area (TPSA) is 69.6 Å². The smallest absolute Gasteiger partial charge is 0.220 e. The molecule has 0 aromatic rings. The molecule has 0 bridgehead atoms. The average Bonchev–Trinajstić information content (AvgIpc) is 3.32. The Kier molecular flexibility index (Phi) is 53.4. The van der Waals surface area contributed by atoms with Gasteiger partial charge in [-0.25, -0.2) is 0 Å². The third kappa shape index (κ3) is 51.8. The first-order valence-electron chi connectivity index (χ1n) is 27.7. The predicted molar refractivity (Wildman–Crippen MR) is 294 cm³/mol. The van der Waals surface area contributed by atoms with Crippen LogP contribution in [-0.4, -0.2) is 34.9 Å². The lowest BCUT2D eigenvalue weighted by atomic mass is 10.0. The quantitative estimate of drug-likeness (QED) is 0.0421. The zero-order valence-electron chi connectivity index (χ0n) is 43.2.